The van der Waals surface area contributed by atoms with Gasteiger partial charge in [0.05, 0.1) is 23.8 Å². The molecule has 23 heavy (non-hydrogen) atoms. The molecule has 1 spiro atoms. The molecule has 1 aliphatic heterocycles. The van der Waals surface area contributed by atoms with Crippen molar-refractivity contribution in [2.24, 2.45) is 5.41 Å². The first kappa shape index (κ1) is 16.5. The number of carbonyl (C=O) groups excluding carboxylic acids is 1. The molecule has 1 heterocycles. The predicted octanol–water partition coefficient (Wildman–Crippen LogP) is 2.15. The fraction of sp³-hybridized carbons (Fsp3) is 0.562. The molecule has 1 amide bonds. The van der Waals surface area contributed by atoms with E-state index >= 15 is 0 Å². The molecule has 2 atom stereocenters. The molecule has 7 heteroatoms. The molecule has 1 saturated carbocycles. The largest absolute Gasteiger partial charge is 0.497 e. The highest BCUT2D eigenvalue weighted by atomic mass is 35.5. The highest BCUT2D eigenvalue weighted by Gasteiger charge is 2.55. The third-order valence-electron chi connectivity index (χ3n) is 5.03. The van der Waals surface area contributed by atoms with Gasteiger partial charge >= 0.3 is 0 Å². The van der Waals surface area contributed by atoms with Gasteiger partial charge in [0.1, 0.15) is 5.75 Å². The molecule has 1 aromatic rings. The zero-order valence-corrected chi connectivity index (χ0v) is 13.5. The van der Waals surface area contributed by atoms with Crippen LogP contribution in [0.3, 0.4) is 0 Å². The Labute approximate surface area is 138 Å². The molecule has 2 fully saturated rings. The van der Waals surface area contributed by atoms with E-state index in [9.17, 15) is 14.3 Å². The third-order valence-corrected chi connectivity index (χ3v) is 5.30. The van der Waals surface area contributed by atoms with Gasteiger partial charge in [0.25, 0.3) is 5.91 Å². The van der Waals surface area contributed by atoms with Crippen LogP contribution < -0.4 is 10.1 Å². The van der Waals surface area contributed by atoms with Crippen LogP contribution >= 0.6 is 11.6 Å². The molecule has 1 aliphatic carbocycles. The average Bonchev–Trinajstić information content (AvgIpc) is 2.57. The Hall–Kier alpha value is -1.37. The molecule has 0 aromatic heterocycles. The second kappa shape index (κ2) is 6.26. The highest BCUT2D eigenvalue weighted by molar-refractivity contribution is 6.31. The zero-order valence-electron chi connectivity index (χ0n) is 12.8. The Bertz CT molecular complexity index is 618. The summed E-state index contributed by atoms with van der Waals surface area (Å²) in [7, 11) is 1.42. The van der Waals surface area contributed by atoms with E-state index in [0.717, 1.165) is 0 Å². The molecule has 126 valence electrons. The van der Waals surface area contributed by atoms with Gasteiger partial charge in [0.15, 0.2) is 5.82 Å². The second-order valence-electron chi connectivity index (χ2n) is 6.09. The van der Waals surface area contributed by atoms with Gasteiger partial charge in [-0.3, -0.25) is 4.79 Å². The van der Waals surface area contributed by atoms with Crippen molar-refractivity contribution in [2.45, 2.75) is 31.4 Å². The summed E-state index contributed by atoms with van der Waals surface area (Å²) < 4.78 is 24.5. The first-order chi connectivity index (χ1) is 11.0. The molecule has 2 N–H and O–H groups in total. The Morgan fingerprint density at radius 2 is 2.17 bits per heavy atom. The van der Waals surface area contributed by atoms with Crippen molar-refractivity contribution >= 4 is 17.5 Å². The molecule has 5 nitrogen and oxygen atoms in total. The minimum absolute atomic E-state index is 0.155. The average molecular weight is 344 g/mol. The van der Waals surface area contributed by atoms with Crippen LogP contribution in [-0.2, 0) is 4.74 Å². The lowest BCUT2D eigenvalue weighted by atomic mass is 9.58. The Morgan fingerprint density at radius 3 is 2.78 bits per heavy atom. The number of benzene rings is 1. The summed E-state index contributed by atoms with van der Waals surface area (Å²) in [4.78, 5) is 12.4. The Morgan fingerprint density at radius 1 is 1.48 bits per heavy atom. The summed E-state index contributed by atoms with van der Waals surface area (Å²) in [6, 6.07) is 2.45. The number of methoxy groups -OCH3 is 1. The quantitative estimate of drug-likeness (QED) is 0.882. The van der Waals surface area contributed by atoms with E-state index in [1.54, 1.807) is 0 Å². The van der Waals surface area contributed by atoms with Gasteiger partial charge in [0.2, 0.25) is 0 Å². The SMILES string of the molecule is COc1cc(Cl)c(F)c(C(=O)N[C@@H]2C[C@@H](O)C23CCOCC3)c1. The number of amides is 1. The number of aliphatic hydroxyl groups excluding tert-OH is 1. The van der Waals surface area contributed by atoms with Crippen molar-refractivity contribution < 1.29 is 23.8 Å². The topological polar surface area (TPSA) is 67.8 Å². The Balaban J connectivity index is 1.78. The lowest BCUT2D eigenvalue weighted by molar-refractivity contribution is -0.145. The van der Waals surface area contributed by atoms with Crippen LogP contribution in [0, 0.1) is 11.2 Å². The van der Waals surface area contributed by atoms with Crippen LogP contribution in [0.4, 0.5) is 4.39 Å². The van der Waals surface area contributed by atoms with E-state index in [1.165, 1.54) is 19.2 Å². The van der Waals surface area contributed by atoms with Crippen LogP contribution in [0.15, 0.2) is 12.1 Å². The van der Waals surface area contributed by atoms with Crippen molar-refractivity contribution in [1.82, 2.24) is 5.32 Å². The number of halogens is 2. The molecular formula is C16H19ClFNO4. The molecule has 1 aromatic carbocycles. The van der Waals surface area contributed by atoms with Crippen molar-refractivity contribution in [3.05, 3.63) is 28.5 Å². The maximum absolute atomic E-state index is 14.1. The fourth-order valence-electron chi connectivity index (χ4n) is 3.48. The third kappa shape index (κ3) is 2.79. The van der Waals surface area contributed by atoms with E-state index in [1.807, 2.05) is 0 Å². The van der Waals surface area contributed by atoms with Crippen LogP contribution in [0.1, 0.15) is 29.6 Å². The van der Waals surface area contributed by atoms with Gasteiger partial charge in [-0.2, -0.15) is 0 Å². The zero-order chi connectivity index (χ0) is 16.6. The van der Waals surface area contributed by atoms with Gasteiger partial charge in [-0.1, -0.05) is 11.6 Å². The standard InChI is InChI=1S/C16H19ClFNO4/c1-22-9-6-10(14(18)11(17)7-9)15(21)19-12-8-13(20)16(12)2-4-23-5-3-16/h6-7,12-13,20H,2-5,8H2,1H3,(H,19,21)/t12-,13-/m1/s1. The van der Waals surface area contributed by atoms with Crippen LogP contribution in [0.25, 0.3) is 0 Å². The number of ether oxygens (including phenoxy) is 2. The van der Waals surface area contributed by atoms with Crippen molar-refractivity contribution in [3.8, 4) is 5.75 Å². The molecular weight excluding hydrogens is 325 g/mol. The highest BCUT2D eigenvalue weighted by Crippen LogP contribution is 2.49. The predicted molar refractivity (Wildman–Crippen MR) is 82.3 cm³/mol. The maximum Gasteiger partial charge on any atom is 0.254 e. The normalized spacial score (nSPS) is 25.7. The number of aliphatic hydroxyl groups is 1. The summed E-state index contributed by atoms with van der Waals surface area (Å²) in [6.45, 7) is 1.12. The molecule has 2 aliphatic rings. The number of hydrogen-bond donors (Lipinski definition) is 2. The lowest BCUT2D eigenvalue weighted by Gasteiger charge is -2.55. The van der Waals surface area contributed by atoms with Gasteiger partial charge in [-0.05, 0) is 25.3 Å². The smallest absolute Gasteiger partial charge is 0.254 e. The first-order valence-corrected chi connectivity index (χ1v) is 7.95. The second-order valence-corrected chi connectivity index (χ2v) is 6.50. The van der Waals surface area contributed by atoms with Crippen LogP contribution in [-0.4, -0.2) is 43.5 Å². The minimum Gasteiger partial charge on any atom is -0.497 e. The first-order valence-electron chi connectivity index (χ1n) is 7.57. The van der Waals surface area contributed by atoms with Crippen LogP contribution in [0.5, 0.6) is 5.75 Å². The van der Waals surface area contributed by atoms with Gasteiger partial charge < -0.3 is 19.9 Å². The Kier molecular flexibility index (Phi) is 4.49. The number of rotatable bonds is 3. The lowest BCUT2D eigenvalue weighted by Crippen LogP contribution is -2.65. The minimum atomic E-state index is -0.772. The van der Waals surface area contributed by atoms with E-state index < -0.39 is 17.8 Å². The van der Waals surface area contributed by atoms with E-state index in [-0.39, 0.29) is 22.0 Å². The van der Waals surface area contributed by atoms with E-state index in [2.05, 4.69) is 5.32 Å². The molecule has 0 unspecified atom stereocenters. The molecule has 3 rings (SSSR count). The van der Waals surface area contributed by atoms with Gasteiger partial charge in [-0.25, -0.2) is 4.39 Å². The van der Waals surface area contributed by atoms with Crippen molar-refractivity contribution in [2.75, 3.05) is 20.3 Å². The summed E-state index contributed by atoms with van der Waals surface area (Å²) in [6.07, 6.45) is 1.36. The van der Waals surface area contributed by atoms with E-state index in [0.29, 0.717) is 38.2 Å². The molecule has 1 saturated heterocycles. The monoisotopic (exact) mass is 343 g/mol. The maximum atomic E-state index is 14.1. The summed E-state index contributed by atoms with van der Waals surface area (Å²) in [5.74, 6) is -1.01. The fourth-order valence-corrected chi connectivity index (χ4v) is 3.69. The number of carbonyl (C=O) groups is 1. The molecule has 0 radical (unpaired) electrons. The van der Waals surface area contributed by atoms with Crippen LogP contribution in [0.2, 0.25) is 5.02 Å². The van der Waals surface area contributed by atoms with Gasteiger partial charge in [0, 0.05) is 30.7 Å². The summed E-state index contributed by atoms with van der Waals surface area (Å²) >= 11 is 5.80. The van der Waals surface area contributed by atoms with E-state index in [4.69, 9.17) is 21.1 Å². The van der Waals surface area contributed by atoms with Crippen molar-refractivity contribution in [3.63, 3.8) is 0 Å². The summed E-state index contributed by atoms with van der Waals surface area (Å²) in [5.41, 5.74) is -0.523. The van der Waals surface area contributed by atoms with Crippen molar-refractivity contribution in [1.29, 1.82) is 0 Å². The summed E-state index contributed by atoms with van der Waals surface area (Å²) in [5, 5.41) is 12.8. The van der Waals surface area contributed by atoms with Gasteiger partial charge in [-0.15, -0.1) is 0 Å². The number of nitrogens with one attached hydrogen (secondary N) is 1. The number of hydrogen-bond acceptors (Lipinski definition) is 4. The molecule has 0 bridgehead atoms.